The van der Waals surface area contributed by atoms with E-state index < -0.39 is 5.97 Å². The minimum atomic E-state index is -0.874. The van der Waals surface area contributed by atoms with Crippen molar-refractivity contribution >= 4 is 11.8 Å². The van der Waals surface area contributed by atoms with Crippen LogP contribution in [-0.2, 0) is 4.79 Å². The van der Waals surface area contributed by atoms with E-state index in [0.29, 0.717) is 18.1 Å². The zero-order valence-corrected chi connectivity index (χ0v) is 9.28. The predicted molar refractivity (Wildman–Crippen MR) is 59.5 cm³/mol. The summed E-state index contributed by atoms with van der Waals surface area (Å²) in [7, 11) is 0. The average molecular weight is 225 g/mol. The Hall–Kier alpha value is -1.85. The van der Waals surface area contributed by atoms with E-state index in [-0.39, 0.29) is 18.0 Å². The zero-order chi connectivity index (χ0) is 12.1. The number of aromatic nitrogens is 2. The standard InChI is InChI=1S/C10H15N3O3/c1-3-7(4-10(15)16)13-8-5-9(14)12-6(2)11-8/h5,7H,3-4H2,1-2H3,(H,15,16)(H2,11,12,13,14). The molecule has 1 rings (SSSR count). The molecule has 0 saturated carbocycles. The van der Waals surface area contributed by atoms with Crippen LogP contribution in [-0.4, -0.2) is 27.1 Å². The van der Waals surface area contributed by atoms with Crippen LogP contribution >= 0.6 is 0 Å². The monoisotopic (exact) mass is 225 g/mol. The summed E-state index contributed by atoms with van der Waals surface area (Å²) in [6.45, 7) is 3.55. The van der Waals surface area contributed by atoms with Gasteiger partial charge in [0.1, 0.15) is 11.6 Å². The molecule has 0 amide bonds. The van der Waals surface area contributed by atoms with Crippen molar-refractivity contribution in [2.24, 2.45) is 0 Å². The van der Waals surface area contributed by atoms with Gasteiger partial charge in [0, 0.05) is 12.1 Å². The first kappa shape index (κ1) is 12.2. The molecule has 6 heteroatoms. The third-order valence-corrected chi connectivity index (χ3v) is 2.13. The topological polar surface area (TPSA) is 95.1 Å². The molecule has 0 aliphatic rings. The highest BCUT2D eigenvalue weighted by atomic mass is 16.4. The fourth-order valence-corrected chi connectivity index (χ4v) is 1.37. The van der Waals surface area contributed by atoms with Crippen LogP contribution in [0.5, 0.6) is 0 Å². The maximum absolute atomic E-state index is 11.2. The van der Waals surface area contributed by atoms with Crippen LogP contribution in [0.15, 0.2) is 10.9 Å². The van der Waals surface area contributed by atoms with Crippen molar-refractivity contribution in [2.75, 3.05) is 5.32 Å². The smallest absolute Gasteiger partial charge is 0.305 e. The normalized spacial score (nSPS) is 12.1. The van der Waals surface area contributed by atoms with Gasteiger partial charge in [-0.1, -0.05) is 6.92 Å². The van der Waals surface area contributed by atoms with E-state index in [0.717, 1.165) is 0 Å². The highest BCUT2D eigenvalue weighted by Gasteiger charge is 2.11. The molecule has 1 heterocycles. The van der Waals surface area contributed by atoms with E-state index in [2.05, 4.69) is 15.3 Å². The maximum Gasteiger partial charge on any atom is 0.305 e. The first-order chi connectivity index (χ1) is 7.51. The largest absolute Gasteiger partial charge is 0.481 e. The van der Waals surface area contributed by atoms with E-state index in [9.17, 15) is 9.59 Å². The molecular weight excluding hydrogens is 210 g/mol. The van der Waals surface area contributed by atoms with Gasteiger partial charge < -0.3 is 15.4 Å². The van der Waals surface area contributed by atoms with Crippen LogP contribution in [0, 0.1) is 6.92 Å². The quantitative estimate of drug-likeness (QED) is 0.687. The molecule has 0 bridgehead atoms. The number of rotatable bonds is 5. The second-order valence-electron chi connectivity index (χ2n) is 3.56. The molecule has 0 aromatic carbocycles. The van der Waals surface area contributed by atoms with Crippen LogP contribution < -0.4 is 10.9 Å². The van der Waals surface area contributed by atoms with Gasteiger partial charge in [-0.2, -0.15) is 0 Å². The number of anilines is 1. The molecule has 0 spiro atoms. The number of aryl methyl sites for hydroxylation is 1. The van der Waals surface area contributed by atoms with Gasteiger partial charge >= 0.3 is 5.97 Å². The van der Waals surface area contributed by atoms with Gasteiger partial charge in [0.05, 0.1) is 6.42 Å². The van der Waals surface area contributed by atoms with Crippen LogP contribution in [0.4, 0.5) is 5.82 Å². The summed E-state index contributed by atoms with van der Waals surface area (Å²) >= 11 is 0. The Morgan fingerprint density at radius 3 is 2.88 bits per heavy atom. The predicted octanol–water partition coefficient (Wildman–Crippen LogP) is 0.744. The van der Waals surface area contributed by atoms with Gasteiger partial charge in [0.15, 0.2) is 0 Å². The molecule has 16 heavy (non-hydrogen) atoms. The number of hydrogen-bond acceptors (Lipinski definition) is 4. The summed E-state index contributed by atoms with van der Waals surface area (Å²) in [6.07, 6.45) is 0.657. The number of nitrogens with one attached hydrogen (secondary N) is 2. The lowest BCUT2D eigenvalue weighted by Crippen LogP contribution is -2.24. The molecule has 0 fully saturated rings. The summed E-state index contributed by atoms with van der Waals surface area (Å²) in [5.41, 5.74) is -0.250. The molecule has 1 aromatic heterocycles. The van der Waals surface area contributed by atoms with Gasteiger partial charge in [-0.25, -0.2) is 4.98 Å². The number of carboxylic acid groups (broad SMARTS) is 1. The first-order valence-corrected chi connectivity index (χ1v) is 5.07. The fraction of sp³-hybridized carbons (Fsp3) is 0.500. The van der Waals surface area contributed by atoms with E-state index in [1.165, 1.54) is 6.07 Å². The van der Waals surface area contributed by atoms with Gasteiger partial charge in [-0.3, -0.25) is 9.59 Å². The van der Waals surface area contributed by atoms with Crippen molar-refractivity contribution < 1.29 is 9.90 Å². The Morgan fingerprint density at radius 1 is 1.69 bits per heavy atom. The summed E-state index contributed by atoms with van der Waals surface area (Å²) in [5, 5.41) is 11.6. The lowest BCUT2D eigenvalue weighted by Gasteiger charge is -2.15. The van der Waals surface area contributed by atoms with E-state index in [1.807, 2.05) is 6.92 Å². The number of aromatic amines is 1. The Balaban J connectivity index is 2.77. The molecule has 1 atom stereocenters. The molecule has 6 nitrogen and oxygen atoms in total. The third-order valence-electron chi connectivity index (χ3n) is 2.13. The first-order valence-electron chi connectivity index (χ1n) is 5.07. The van der Waals surface area contributed by atoms with Crippen molar-refractivity contribution in [1.82, 2.24) is 9.97 Å². The molecule has 0 aliphatic heterocycles. The van der Waals surface area contributed by atoms with Crippen molar-refractivity contribution in [3.8, 4) is 0 Å². The number of carbonyl (C=O) groups is 1. The minimum absolute atomic E-state index is 0.00399. The SMILES string of the molecule is CCC(CC(=O)O)Nc1cc(=O)[nH]c(C)n1. The summed E-state index contributed by atoms with van der Waals surface area (Å²) in [6, 6.07) is 1.10. The summed E-state index contributed by atoms with van der Waals surface area (Å²) in [5.74, 6) is 0.0374. The Bertz CT molecular complexity index is 428. The molecule has 88 valence electrons. The Labute approximate surface area is 92.7 Å². The van der Waals surface area contributed by atoms with Crippen LogP contribution in [0.25, 0.3) is 0 Å². The van der Waals surface area contributed by atoms with Crippen molar-refractivity contribution in [3.63, 3.8) is 0 Å². The lowest BCUT2D eigenvalue weighted by atomic mass is 10.1. The molecule has 1 aromatic rings. The van der Waals surface area contributed by atoms with Gasteiger partial charge in [-0.05, 0) is 13.3 Å². The van der Waals surface area contributed by atoms with Crippen LogP contribution in [0.2, 0.25) is 0 Å². The van der Waals surface area contributed by atoms with E-state index in [1.54, 1.807) is 6.92 Å². The van der Waals surface area contributed by atoms with E-state index >= 15 is 0 Å². The van der Waals surface area contributed by atoms with Crippen molar-refractivity contribution in [3.05, 3.63) is 22.2 Å². The third kappa shape index (κ3) is 3.72. The summed E-state index contributed by atoms with van der Waals surface area (Å²) in [4.78, 5) is 28.3. The number of nitrogens with zero attached hydrogens (tertiary/aromatic N) is 1. The second-order valence-corrected chi connectivity index (χ2v) is 3.56. The zero-order valence-electron chi connectivity index (χ0n) is 9.28. The lowest BCUT2D eigenvalue weighted by molar-refractivity contribution is -0.137. The van der Waals surface area contributed by atoms with E-state index in [4.69, 9.17) is 5.11 Å². The van der Waals surface area contributed by atoms with Gasteiger partial charge in [-0.15, -0.1) is 0 Å². The van der Waals surface area contributed by atoms with Gasteiger partial charge in [0.25, 0.3) is 5.56 Å². The highest BCUT2D eigenvalue weighted by Crippen LogP contribution is 2.07. The van der Waals surface area contributed by atoms with Gasteiger partial charge in [0.2, 0.25) is 0 Å². The summed E-state index contributed by atoms with van der Waals surface area (Å²) < 4.78 is 0. The number of aliphatic carboxylic acids is 1. The molecule has 0 saturated heterocycles. The number of H-pyrrole nitrogens is 1. The molecular formula is C10H15N3O3. The van der Waals surface area contributed by atoms with Crippen LogP contribution in [0.3, 0.4) is 0 Å². The highest BCUT2D eigenvalue weighted by molar-refractivity contribution is 5.68. The Morgan fingerprint density at radius 2 is 2.38 bits per heavy atom. The van der Waals surface area contributed by atoms with Crippen molar-refractivity contribution in [1.29, 1.82) is 0 Å². The Kier molecular flexibility index (Phi) is 4.04. The fourth-order valence-electron chi connectivity index (χ4n) is 1.37. The molecule has 0 aliphatic carbocycles. The number of carboxylic acids is 1. The minimum Gasteiger partial charge on any atom is -0.481 e. The molecule has 3 N–H and O–H groups in total. The molecule has 1 unspecified atom stereocenters. The van der Waals surface area contributed by atoms with Crippen molar-refractivity contribution in [2.45, 2.75) is 32.7 Å². The number of hydrogen-bond donors (Lipinski definition) is 3. The average Bonchev–Trinajstić information content (AvgIpc) is 2.14. The maximum atomic E-state index is 11.2. The molecule has 0 radical (unpaired) electrons. The van der Waals surface area contributed by atoms with Crippen LogP contribution in [0.1, 0.15) is 25.6 Å². The second kappa shape index (κ2) is 5.29.